The number of nitrogens with zero attached hydrogens (tertiary/aromatic N) is 4. The molecule has 2 aromatic heterocycles. The first-order valence-corrected chi connectivity index (χ1v) is 11.2. The number of ether oxygens (including phenoxy) is 1. The predicted octanol–water partition coefficient (Wildman–Crippen LogP) is 2.96. The Bertz CT molecular complexity index is 887. The van der Waals surface area contributed by atoms with Crippen LogP contribution in [0.4, 0.5) is 17.3 Å². The van der Waals surface area contributed by atoms with Gasteiger partial charge < -0.3 is 19.9 Å². The van der Waals surface area contributed by atoms with Crippen molar-refractivity contribution in [3.8, 4) is 0 Å². The summed E-state index contributed by atoms with van der Waals surface area (Å²) in [5.41, 5.74) is 2.14. The Hall–Kier alpha value is -2.52. The molecule has 0 spiro atoms. The van der Waals surface area contributed by atoms with E-state index in [1.54, 1.807) is 11.8 Å². The Kier molecular flexibility index (Phi) is 6.59. The van der Waals surface area contributed by atoms with Crippen LogP contribution in [0, 0.1) is 6.92 Å². The van der Waals surface area contributed by atoms with Gasteiger partial charge in [-0.15, -0.1) is 11.8 Å². The van der Waals surface area contributed by atoms with Crippen molar-refractivity contribution in [2.75, 3.05) is 49.6 Å². The normalized spacial score (nSPS) is 17.8. The number of aromatic nitrogens is 3. The van der Waals surface area contributed by atoms with Crippen LogP contribution in [0.5, 0.6) is 0 Å². The summed E-state index contributed by atoms with van der Waals surface area (Å²) < 4.78 is 5.51. The first-order chi connectivity index (χ1) is 14.6. The molecule has 0 aromatic carbocycles. The van der Waals surface area contributed by atoms with Crippen molar-refractivity contribution in [3.05, 3.63) is 36.5 Å². The van der Waals surface area contributed by atoms with Gasteiger partial charge in [0.1, 0.15) is 10.8 Å². The number of hydrogen-bond donors (Lipinski definition) is 2. The lowest BCUT2D eigenvalue weighted by atomic mass is 10.1. The summed E-state index contributed by atoms with van der Waals surface area (Å²) in [7, 11) is 0. The van der Waals surface area contributed by atoms with E-state index < -0.39 is 0 Å². The molecule has 0 aliphatic carbocycles. The molecule has 0 radical (unpaired) electrons. The number of piperidine rings is 1. The zero-order valence-electron chi connectivity index (χ0n) is 17.3. The Morgan fingerprint density at radius 3 is 2.67 bits per heavy atom. The monoisotopic (exact) mass is 428 g/mol. The van der Waals surface area contributed by atoms with Gasteiger partial charge in [-0.2, -0.15) is 5.10 Å². The molecule has 0 atom stereocenters. The number of likely N-dealkylation sites (tertiary alicyclic amines) is 1. The van der Waals surface area contributed by atoms with Crippen LogP contribution in [0.15, 0.2) is 35.9 Å². The van der Waals surface area contributed by atoms with Gasteiger partial charge in [-0.3, -0.25) is 9.89 Å². The molecule has 9 heteroatoms. The fraction of sp³-hybridized carbons (Fsp3) is 0.476. The van der Waals surface area contributed by atoms with E-state index in [1.165, 1.54) is 6.08 Å². The minimum absolute atomic E-state index is 0.0201. The molecule has 0 saturated carbocycles. The third-order valence-corrected chi connectivity index (χ3v) is 6.60. The average molecular weight is 429 g/mol. The molecule has 2 fully saturated rings. The maximum Gasteiger partial charge on any atom is 0.245 e. The molecule has 2 aliphatic rings. The number of amides is 1. The van der Waals surface area contributed by atoms with Crippen LogP contribution in [0.2, 0.25) is 0 Å². The highest BCUT2D eigenvalue weighted by Crippen LogP contribution is 2.33. The number of morpholine rings is 1. The van der Waals surface area contributed by atoms with Crippen molar-refractivity contribution in [2.24, 2.45) is 0 Å². The van der Waals surface area contributed by atoms with Gasteiger partial charge in [0, 0.05) is 54.9 Å². The summed E-state index contributed by atoms with van der Waals surface area (Å²) in [6, 6.07) is 6.20. The Labute approximate surface area is 181 Å². The SMILES string of the molecule is C=CC(=O)N1CCC(Sc2cc(N3CCOCC3)cc(Nc3cc(C)[nH]n3)n2)CC1. The summed E-state index contributed by atoms with van der Waals surface area (Å²) in [6.07, 6.45) is 3.31. The van der Waals surface area contributed by atoms with Crippen LogP contribution >= 0.6 is 11.8 Å². The lowest BCUT2D eigenvalue weighted by Gasteiger charge is -2.31. The highest BCUT2D eigenvalue weighted by molar-refractivity contribution is 7.99. The standard InChI is InChI=1S/C21H28N6O2S/c1-3-21(28)27-6-4-17(5-7-27)30-20-14-16(26-8-10-29-11-9-26)13-18(23-20)22-19-12-15(2)24-25-19/h3,12-14,17H,1,4-11H2,2H3,(H2,22,23,24,25). The fourth-order valence-electron chi connectivity index (χ4n) is 3.73. The number of carbonyl (C=O) groups is 1. The van der Waals surface area contributed by atoms with E-state index in [-0.39, 0.29) is 5.91 Å². The number of hydrogen-bond acceptors (Lipinski definition) is 7. The van der Waals surface area contributed by atoms with Crippen molar-refractivity contribution < 1.29 is 9.53 Å². The number of H-pyrrole nitrogens is 1. The first kappa shape index (κ1) is 20.7. The van der Waals surface area contributed by atoms with E-state index in [1.807, 2.05) is 17.9 Å². The highest BCUT2D eigenvalue weighted by Gasteiger charge is 2.23. The van der Waals surface area contributed by atoms with Gasteiger partial charge in [-0.25, -0.2) is 4.98 Å². The number of aryl methyl sites for hydroxylation is 1. The molecule has 1 amide bonds. The summed E-state index contributed by atoms with van der Waals surface area (Å²) in [4.78, 5) is 20.9. The number of nitrogens with one attached hydrogen (secondary N) is 2. The summed E-state index contributed by atoms with van der Waals surface area (Å²) in [5, 5.41) is 12.0. The van der Waals surface area contributed by atoms with E-state index in [2.05, 4.69) is 39.1 Å². The third-order valence-electron chi connectivity index (χ3n) is 5.34. The van der Waals surface area contributed by atoms with Crippen molar-refractivity contribution >= 4 is 35.0 Å². The van der Waals surface area contributed by atoms with Crippen LogP contribution in [0.3, 0.4) is 0 Å². The van der Waals surface area contributed by atoms with Crippen LogP contribution in [-0.2, 0) is 9.53 Å². The zero-order chi connectivity index (χ0) is 20.9. The van der Waals surface area contributed by atoms with Crippen LogP contribution < -0.4 is 10.2 Å². The van der Waals surface area contributed by atoms with E-state index >= 15 is 0 Å². The number of carbonyl (C=O) groups excluding carboxylic acids is 1. The Balaban J connectivity index is 1.50. The molecule has 2 aromatic rings. The first-order valence-electron chi connectivity index (χ1n) is 10.3. The lowest BCUT2D eigenvalue weighted by Crippen LogP contribution is -2.38. The van der Waals surface area contributed by atoms with Crippen molar-refractivity contribution in [1.29, 1.82) is 0 Å². The van der Waals surface area contributed by atoms with Crippen LogP contribution in [0.25, 0.3) is 0 Å². The average Bonchev–Trinajstić information content (AvgIpc) is 3.18. The van der Waals surface area contributed by atoms with Gasteiger partial charge in [-0.1, -0.05) is 6.58 Å². The summed E-state index contributed by atoms with van der Waals surface area (Å²) >= 11 is 1.79. The van der Waals surface area contributed by atoms with Gasteiger partial charge in [0.15, 0.2) is 5.82 Å². The van der Waals surface area contributed by atoms with Crippen LogP contribution in [-0.4, -0.2) is 70.6 Å². The molecule has 0 unspecified atom stereocenters. The largest absolute Gasteiger partial charge is 0.378 e. The molecule has 2 aliphatic heterocycles. The van der Waals surface area contributed by atoms with Gasteiger partial charge in [-0.05, 0) is 31.9 Å². The molecular formula is C21H28N6O2S. The molecule has 0 bridgehead atoms. The van der Waals surface area contributed by atoms with Crippen molar-refractivity contribution in [1.82, 2.24) is 20.1 Å². The van der Waals surface area contributed by atoms with Gasteiger partial charge >= 0.3 is 0 Å². The van der Waals surface area contributed by atoms with Crippen molar-refractivity contribution in [3.63, 3.8) is 0 Å². The number of thioether (sulfide) groups is 1. The smallest absolute Gasteiger partial charge is 0.245 e. The van der Waals surface area contributed by atoms with E-state index in [4.69, 9.17) is 9.72 Å². The van der Waals surface area contributed by atoms with Gasteiger partial charge in [0.2, 0.25) is 5.91 Å². The van der Waals surface area contributed by atoms with Crippen LogP contribution in [0.1, 0.15) is 18.5 Å². The van der Waals surface area contributed by atoms with E-state index in [0.29, 0.717) is 5.25 Å². The van der Waals surface area contributed by atoms with E-state index in [9.17, 15) is 4.79 Å². The maximum absolute atomic E-state index is 11.8. The summed E-state index contributed by atoms with van der Waals surface area (Å²) in [6.45, 7) is 10.3. The second kappa shape index (κ2) is 9.53. The number of rotatable bonds is 6. The number of aromatic amines is 1. The minimum atomic E-state index is 0.0201. The molecule has 30 heavy (non-hydrogen) atoms. The molecule has 2 saturated heterocycles. The molecule has 4 heterocycles. The molecule has 160 valence electrons. The Morgan fingerprint density at radius 1 is 1.23 bits per heavy atom. The minimum Gasteiger partial charge on any atom is -0.378 e. The second-order valence-electron chi connectivity index (χ2n) is 7.56. The predicted molar refractivity (Wildman–Crippen MR) is 120 cm³/mol. The topological polar surface area (TPSA) is 86.4 Å². The maximum atomic E-state index is 11.8. The molecule has 4 rings (SSSR count). The Morgan fingerprint density at radius 2 is 2.00 bits per heavy atom. The third kappa shape index (κ3) is 5.14. The molecule has 2 N–H and O–H groups in total. The number of anilines is 3. The quantitative estimate of drug-likeness (QED) is 0.684. The highest BCUT2D eigenvalue weighted by atomic mass is 32.2. The molecular weight excluding hydrogens is 400 g/mol. The van der Waals surface area contributed by atoms with Crippen molar-refractivity contribution in [2.45, 2.75) is 30.0 Å². The lowest BCUT2D eigenvalue weighted by molar-refractivity contribution is -0.126. The second-order valence-corrected chi connectivity index (χ2v) is 8.88. The zero-order valence-corrected chi connectivity index (χ0v) is 18.1. The fourth-order valence-corrected chi connectivity index (χ4v) is 4.86. The van der Waals surface area contributed by atoms with Gasteiger partial charge in [0.05, 0.1) is 13.2 Å². The molecule has 8 nitrogen and oxygen atoms in total. The van der Waals surface area contributed by atoms with Gasteiger partial charge in [0.25, 0.3) is 0 Å². The summed E-state index contributed by atoms with van der Waals surface area (Å²) in [5.74, 6) is 1.56. The van der Waals surface area contributed by atoms with E-state index in [0.717, 1.165) is 80.3 Å². The number of pyridine rings is 1.